The Morgan fingerprint density at radius 3 is 2.68 bits per heavy atom. The number of carbonyl (C=O) groups excluding carboxylic acids is 3. The lowest BCUT2D eigenvalue weighted by atomic mass is 9.74. The lowest BCUT2D eigenvalue weighted by Gasteiger charge is -2.34. The molecule has 0 unspecified atom stereocenters. The molecule has 3 heterocycles. The van der Waals surface area contributed by atoms with E-state index in [0.29, 0.717) is 30.3 Å². The number of halogens is 1. The smallest absolute Gasteiger partial charge is 0.246 e. The van der Waals surface area contributed by atoms with Gasteiger partial charge < -0.3 is 25.0 Å². The van der Waals surface area contributed by atoms with E-state index < -0.39 is 29.6 Å². The van der Waals surface area contributed by atoms with Crippen molar-refractivity contribution in [1.82, 2.24) is 10.2 Å². The van der Waals surface area contributed by atoms with E-state index in [2.05, 4.69) is 10.6 Å². The Labute approximate surface area is 229 Å². The molecule has 3 amide bonds. The van der Waals surface area contributed by atoms with Crippen LogP contribution in [0.3, 0.4) is 0 Å². The van der Waals surface area contributed by atoms with Gasteiger partial charge in [-0.3, -0.25) is 14.4 Å². The number of ether oxygens (including phenoxy) is 2. The van der Waals surface area contributed by atoms with Crippen molar-refractivity contribution in [2.75, 3.05) is 18.5 Å². The van der Waals surface area contributed by atoms with Crippen LogP contribution in [0.1, 0.15) is 57.9 Å². The third kappa shape index (κ3) is 4.98. The maximum Gasteiger partial charge on any atom is 0.246 e. The van der Waals surface area contributed by atoms with Crippen molar-refractivity contribution in [3.8, 4) is 0 Å². The molecule has 8 nitrogen and oxygen atoms in total. The van der Waals surface area contributed by atoms with Gasteiger partial charge in [0.2, 0.25) is 17.7 Å². The fourth-order valence-corrected chi connectivity index (χ4v) is 6.67. The van der Waals surface area contributed by atoms with E-state index in [1.807, 2.05) is 39.0 Å². The van der Waals surface area contributed by atoms with E-state index in [9.17, 15) is 14.4 Å². The minimum atomic E-state index is -1.16. The summed E-state index contributed by atoms with van der Waals surface area (Å²) < 4.78 is 12.1. The standard InChI is InChI=1S/C29H38ClN3O5/c1-17(2)37-15-7-14-33-25(27(35)31-19-8-5-4-6-9-19)29-13-12-22(38-29)23(24(29)28(33)36)26(34)32-20-11-10-18(3)21(30)16-20/h10-13,16-17,19,22-25H,4-9,14-15H2,1-3H3,(H,31,35)(H,32,34)/t22-,23+,24-,25+,29-/m1/s1. The molecule has 1 aromatic rings. The molecule has 1 saturated carbocycles. The number of hydrogen-bond acceptors (Lipinski definition) is 5. The molecule has 1 aromatic carbocycles. The number of aryl methyl sites for hydroxylation is 1. The first kappa shape index (κ1) is 27.2. The van der Waals surface area contributed by atoms with Crippen LogP contribution in [0, 0.1) is 18.8 Å². The Hall–Kier alpha value is -2.42. The van der Waals surface area contributed by atoms with E-state index in [-0.39, 0.29) is 29.9 Å². The average molecular weight is 544 g/mol. The Balaban J connectivity index is 1.39. The second-order valence-corrected chi connectivity index (χ2v) is 11.7. The number of anilines is 1. The molecule has 0 aromatic heterocycles. The number of nitrogens with one attached hydrogen (secondary N) is 2. The Morgan fingerprint density at radius 2 is 1.97 bits per heavy atom. The minimum Gasteiger partial charge on any atom is -0.379 e. The summed E-state index contributed by atoms with van der Waals surface area (Å²) in [7, 11) is 0. The largest absolute Gasteiger partial charge is 0.379 e. The summed E-state index contributed by atoms with van der Waals surface area (Å²) in [5, 5.41) is 6.69. The van der Waals surface area contributed by atoms with Crippen LogP contribution in [0.4, 0.5) is 5.69 Å². The zero-order chi connectivity index (χ0) is 27.0. The highest BCUT2D eigenvalue weighted by molar-refractivity contribution is 6.31. The van der Waals surface area contributed by atoms with E-state index in [1.165, 1.54) is 6.42 Å². The normalized spacial score (nSPS) is 30.2. The van der Waals surface area contributed by atoms with Crippen molar-refractivity contribution in [3.05, 3.63) is 40.9 Å². The number of fused-ring (bicyclic) bond motifs is 1. The summed E-state index contributed by atoms with van der Waals surface area (Å²) in [6, 6.07) is 4.60. The zero-order valence-electron chi connectivity index (χ0n) is 22.4. The fourth-order valence-electron chi connectivity index (χ4n) is 6.49. The summed E-state index contributed by atoms with van der Waals surface area (Å²) in [6.45, 7) is 6.66. The molecule has 206 valence electrons. The molecule has 5 atom stereocenters. The molecule has 3 fully saturated rings. The van der Waals surface area contributed by atoms with Gasteiger partial charge in [0.05, 0.1) is 24.0 Å². The van der Waals surface area contributed by atoms with Crippen LogP contribution >= 0.6 is 11.6 Å². The maximum absolute atomic E-state index is 14.0. The van der Waals surface area contributed by atoms with Gasteiger partial charge in [-0.2, -0.15) is 0 Å². The highest BCUT2D eigenvalue weighted by atomic mass is 35.5. The molecule has 38 heavy (non-hydrogen) atoms. The van der Waals surface area contributed by atoms with Crippen molar-refractivity contribution in [2.45, 2.75) is 89.2 Å². The summed E-state index contributed by atoms with van der Waals surface area (Å²) in [6.07, 6.45) is 9.02. The number of amides is 3. The van der Waals surface area contributed by atoms with Crippen LogP contribution in [-0.4, -0.2) is 65.7 Å². The van der Waals surface area contributed by atoms with Gasteiger partial charge in [-0.05, 0) is 57.7 Å². The molecular formula is C29H38ClN3O5. The maximum atomic E-state index is 14.0. The lowest BCUT2D eigenvalue weighted by Crippen LogP contribution is -2.56. The lowest BCUT2D eigenvalue weighted by molar-refractivity contribution is -0.141. The molecular weight excluding hydrogens is 506 g/mol. The van der Waals surface area contributed by atoms with Gasteiger partial charge in [0.25, 0.3) is 0 Å². The van der Waals surface area contributed by atoms with Gasteiger partial charge in [0, 0.05) is 29.9 Å². The quantitative estimate of drug-likeness (QED) is 0.362. The second kappa shape index (κ2) is 11.0. The first-order valence-corrected chi connectivity index (χ1v) is 14.3. The molecule has 2 bridgehead atoms. The Kier molecular flexibility index (Phi) is 7.85. The summed E-state index contributed by atoms with van der Waals surface area (Å²) in [4.78, 5) is 43.0. The van der Waals surface area contributed by atoms with Gasteiger partial charge in [-0.1, -0.05) is 49.1 Å². The number of rotatable bonds is 9. The van der Waals surface area contributed by atoms with Gasteiger partial charge in [0.1, 0.15) is 11.6 Å². The highest BCUT2D eigenvalue weighted by Gasteiger charge is 2.72. The highest BCUT2D eigenvalue weighted by Crippen LogP contribution is 2.55. The number of hydrogen-bond donors (Lipinski definition) is 2. The van der Waals surface area contributed by atoms with Crippen LogP contribution in [0.5, 0.6) is 0 Å². The van der Waals surface area contributed by atoms with Crippen molar-refractivity contribution in [2.24, 2.45) is 11.8 Å². The SMILES string of the molecule is Cc1ccc(NC(=O)[C@H]2[C@H]3C=C[C@]4(O3)[C@H](C(=O)NC3CCCCC3)N(CCCOC(C)C)C(=O)[C@@H]24)cc1Cl. The molecule has 1 spiro atoms. The Bertz CT molecular complexity index is 1120. The number of carbonyl (C=O) groups is 3. The first-order valence-electron chi connectivity index (χ1n) is 13.9. The van der Waals surface area contributed by atoms with Crippen LogP contribution in [0.2, 0.25) is 5.02 Å². The third-order valence-electron chi connectivity index (χ3n) is 8.31. The van der Waals surface area contributed by atoms with Gasteiger partial charge in [-0.15, -0.1) is 0 Å². The van der Waals surface area contributed by atoms with Crippen molar-refractivity contribution in [1.29, 1.82) is 0 Å². The summed E-state index contributed by atoms with van der Waals surface area (Å²) >= 11 is 6.26. The van der Waals surface area contributed by atoms with Crippen LogP contribution in [-0.2, 0) is 23.9 Å². The molecule has 3 aliphatic heterocycles. The second-order valence-electron chi connectivity index (χ2n) is 11.3. The van der Waals surface area contributed by atoms with E-state index in [0.717, 1.165) is 31.2 Å². The topological polar surface area (TPSA) is 97.0 Å². The molecule has 2 N–H and O–H groups in total. The summed E-state index contributed by atoms with van der Waals surface area (Å²) in [5.41, 5.74) is 0.308. The Morgan fingerprint density at radius 1 is 1.21 bits per heavy atom. The number of benzene rings is 1. The molecule has 1 aliphatic carbocycles. The zero-order valence-corrected chi connectivity index (χ0v) is 23.1. The predicted molar refractivity (Wildman–Crippen MR) is 145 cm³/mol. The monoisotopic (exact) mass is 543 g/mol. The van der Waals surface area contributed by atoms with Crippen molar-refractivity contribution in [3.63, 3.8) is 0 Å². The molecule has 9 heteroatoms. The van der Waals surface area contributed by atoms with E-state index in [4.69, 9.17) is 21.1 Å². The summed E-state index contributed by atoms with van der Waals surface area (Å²) in [5.74, 6) is -2.24. The van der Waals surface area contributed by atoms with E-state index in [1.54, 1.807) is 17.0 Å². The molecule has 5 rings (SSSR count). The van der Waals surface area contributed by atoms with Gasteiger partial charge in [0.15, 0.2) is 0 Å². The van der Waals surface area contributed by atoms with Crippen molar-refractivity contribution < 1.29 is 23.9 Å². The van der Waals surface area contributed by atoms with Gasteiger partial charge in [-0.25, -0.2) is 0 Å². The first-order chi connectivity index (χ1) is 18.2. The average Bonchev–Trinajstić information content (AvgIpc) is 3.52. The van der Waals surface area contributed by atoms with Gasteiger partial charge >= 0.3 is 0 Å². The number of likely N-dealkylation sites (tertiary alicyclic amines) is 1. The fraction of sp³-hybridized carbons (Fsp3) is 0.621. The van der Waals surface area contributed by atoms with E-state index >= 15 is 0 Å². The third-order valence-corrected chi connectivity index (χ3v) is 8.72. The number of nitrogens with zero attached hydrogens (tertiary/aromatic N) is 1. The van der Waals surface area contributed by atoms with Crippen LogP contribution in [0.15, 0.2) is 30.4 Å². The molecule has 0 radical (unpaired) electrons. The predicted octanol–water partition coefficient (Wildman–Crippen LogP) is 4.00. The minimum absolute atomic E-state index is 0.0814. The molecule has 4 aliphatic rings. The van der Waals surface area contributed by atoms with Crippen LogP contribution in [0.25, 0.3) is 0 Å². The van der Waals surface area contributed by atoms with Crippen molar-refractivity contribution >= 4 is 35.0 Å². The van der Waals surface area contributed by atoms with Crippen LogP contribution < -0.4 is 10.6 Å². The molecule has 2 saturated heterocycles.